The lowest BCUT2D eigenvalue weighted by molar-refractivity contribution is 0.0999. The van der Waals surface area contributed by atoms with Crippen molar-refractivity contribution in [3.8, 4) is 0 Å². The standard InChI is InChI=1S/C13H19N2O/c1-3-15(4-2)10-9-11-7-5-6-8-12(11)13(14)16/h5-7H,3-4,9-10H2,1-2H3,(H2,14,16). The quantitative estimate of drug-likeness (QED) is 0.787. The number of carbonyl (C=O) groups excluding carboxylic acids is 1. The molecule has 1 radical (unpaired) electrons. The molecule has 0 saturated heterocycles. The normalized spacial score (nSPS) is 10.7. The molecule has 1 rings (SSSR count). The smallest absolute Gasteiger partial charge is 0.249 e. The van der Waals surface area contributed by atoms with Crippen molar-refractivity contribution >= 4 is 5.91 Å². The summed E-state index contributed by atoms with van der Waals surface area (Å²) in [6.45, 7) is 7.27. The molecule has 0 fully saturated rings. The van der Waals surface area contributed by atoms with Gasteiger partial charge in [-0.25, -0.2) is 0 Å². The lowest BCUT2D eigenvalue weighted by atomic mass is 10.0. The summed E-state index contributed by atoms with van der Waals surface area (Å²) in [6, 6.07) is 8.46. The molecule has 0 saturated carbocycles. The molecule has 0 aliphatic rings. The lowest BCUT2D eigenvalue weighted by Crippen LogP contribution is -2.26. The second-order valence-corrected chi connectivity index (χ2v) is 3.71. The minimum Gasteiger partial charge on any atom is -0.366 e. The van der Waals surface area contributed by atoms with Crippen molar-refractivity contribution in [1.29, 1.82) is 0 Å². The summed E-state index contributed by atoms with van der Waals surface area (Å²) in [5.74, 6) is -0.393. The van der Waals surface area contributed by atoms with Crippen molar-refractivity contribution in [1.82, 2.24) is 4.90 Å². The van der Waals surface area contributed by atoms with Crippen molar-refractivity contribution in [3.63, 3.8) is 0 Å². The Morgan fingerprint density at radius 3 is 2.69 bits per heavy atom. The van der Waals surface area contributed by atoms with Crippen LogP contribution in [-0.4, -0.2) is 30.4 Å². The minimum atomic E-state index is -0.393. The third kappa shape index (κ3) is 3.35. The predicted octanol–water partition coefficient (Wildman–Crippen LogP) is 1.47. The van der Waals surface area contributed by atoms with Crippen LogP contribution in [0.1, 0.15) is 29.8 Å². The topological polar surface area (TPSA) is 46.3 Å². The van der Waals surface area contributed by atoms with Gasteiger partial charge in [0.15, 0.2) is 0 Å². The highest BCUT2D eigenvalue weighted by Crippen LogP contribution is 2.08. The van der Waals surface area contributed by atoms with Gasteiger partial charge in [0.2, 0.25) is 5.91 Å². The molecule has 87 valence electrons. The monoisotopic (exact) mass is 219 g/mol. The lowest BCUT2D eigenvalue weighted by Gasteiger charge is -2.18. The second-order valence-electron chi connectivity index (χ2n) is 3.71. The Hall–Kier alpha value is -1.35. The Balaban J connectivity index is 2.69. The van der Waals surface area contributed by atoms with Crippen LogP contribution in [0.3, 0.4) is 0 Å². The van der Waals surface area contributed by atoms with Gasteiger partial charge >= 0.3 is 0 Å². The van der Waals surface area contributed by atoms with E-state index in [1.54, 1.807) is 6.07 Å². The summed E-state index contributed by atoms with van der Waals surface area (Å²) in [4.78, 5) is 13.5. The zero-order valence-corrected chi connectivity index (χ0v) is 9.99. The van der Waals surface area contributed by atoms with E-state index in [1.807, 2.05) is 12.1 Å². The second kappa shape index (κ2) is 6.28. The molecule has 0 spiro atoms. The average molecular weight is 219 g/mol. The van der Waals surface area contributed by atoms with Crippen LogP contribution in [0.4, 0.5) is 0 Å². The molecule has 0 bridgehead atoms. The van der Waals surface area contributed by atoms with E-state index in [0.717, 1.165) is 31.6 Å². The van der Waals surface area contributed by atoms with Crippen LogP contribution in [0.2, 0.25) is 0 Å². The summed E-state index contributed by atoms with van der Waals surface area (Å²) in [7, 11) is 0. The number of primary amides is 1. The van der Waals surface area contributed by atoms with E-state index < -0.39 is 5.91 Å². The summed E-state index contributed by atoms with van der Waals surface area (Å²) < 4.78 is 0. The average Bonchev–Trinajstić information content (AvgIpc) is 2.30. The molecule has 16 heavy (non-hydrogen) atoms. The molecule has 1 aromatic carbocycles. The summed E-state index contributed by atoms with van der Waals surface area (Å²) >= 11 is 0. The van der Waals surface area contributed by atoms with Crippen LogP contribution in [0.15, 0.2) is 18.2 Å². The third-order valence-electron chi connectivity index (χ3n) is 2.78. The minimum absolute atomic E-state index is 0.393. The van der Waals surface area contributed by atoms with Gasteiger partial charge in [0.05, 0.1) is 5.56 Å². The van der Waals surface area contributed by atoms with Gasteiger partial charge in [-0.1, -0.05) is 32.0 Å². The Kier molecular flexibility index (Phi) is 4.99. The number of amides is 1. The number of carbonyl (C=O) groups is 1. The van der Waals surface area contributed by atoms with E-state index in [9.17, 15) is 4.79 Å². The molecule has 3 nitrogen and oxygen atoms in total. The van der Waals surface area contributed by atoms with E-state index in [1.165, 1.54) is 0 Å². The van der Waals surface area contributed by atoms with Gasteiger partial charge in [-0.2, -0.15) is 0 Å². The largest absolute Gasteiger partial charge is 0.366 e. The highest BCUT2D eigenvalue weighted by molar-refractivity contribution is 5.94. The maximum Gasteiger partial charge on any atom is 0.249 e. The molecule has 2 N–H and O–H groups in total. The van der Waals surface area contributed by atoms with Crippen molar-refractivity contribution in [2.45, 2.75) is 20.3 Å². The molecule has 0 aliphatic heterocycles. The van der Waals surface area contributed by atoms with E-state index in [-0.39, 0.29) is 0 Å². The van der Waals surface area contributed by atoms with Gasteiger partial charge in [0.25, 0.3) is 0 Å². The zero-order valence-electron chi connectivity index (χ0n) is 9.99. The number of hydrogen-bond donors (Lipinski definition) is 1. The highest BCUT2D eigenvalue weighted by Gasteiger charge is 2.08. The maximum absolute atomic E-state index is 11.2. The molecular formula is C13H19N2O. The van der Waals surface area contributed by atoms with Gasteiger partial charge < -0.3 is 10.6 Å². The van der Waals surface area contributed by atoms with Crippen LogP contribution >= 0.6 is 0 Å². The Labute approximate surface area is 97.2 Å². The van der Waals surface area contributed by atoms with E-state index in [2.05, 4.69) is 24.8 Å². The van der Waals surface area contributed by atoms with Crippen molar-refractivity contribution in [2.75, 3.05) is 19.6 Å². The number of likely N-dealkylation sites (N-methyl/N-ethyl adjacent to an activating group) is 1. The Bertz CT molecular complexity index is 346. The highest BCUT2D eigenvalue weighted by atomic mass is 16.1. The summed E-state index contributed by atoms with van der Waals surface area (Å²) in [5, 5.41) is 0. The first-order valence-electron chi connectivity index (χ1n) is 5.70. The van der Waals surface area contributed by atoms with Crippen LogP contribution in [0.5, 0.6) is 0 Å². The Morgan fingerprint density at radius 2 is 2.12 bits per heavy atom. The van der Waals surface area contributed by atoms with Gasteiger partial charge in [-0.05, 0) is 31.1 Å². The number of benzene rings is 1. The number of nitrogens with two attached hydrogens (primary N) is 1. The van der Waals surface area contributed by atoms with Gasteiger partial charge in [-0.15, -0.1) is 0 Å². The molecule has 0 aromatic heterocycles. The molecule has 3 heteroatoms. The van der Waals surface area contributed by atoms with Crippen LogP contribution in [-0.2, 0) is 6.42 Å². The fraction of sp³-hybridized carbons (Fsp3) is 0.462. The number of hydrogen-bond acceptors (Lipinski definition) is 2. The SMILES string of the molecule is CCN(CC)CCc1ccc[c]c1C(N)=O. The van der Waals surface area contributed by atoms with Crippen LogP contribution in [0.25, 0.3) is 0 Å². The maximum atomic E-state index is 11.2. The molecule has 0 heterocycles. The molecule has 0 atom stereocenters. The summed E-state index contributed by atoms with van der Waals surface area (Å²) in [5.41, 5.74) is 6.81. The number of nitrogens with zero attached hydrogens (tertiary/aromatic N) is 1. The zero-order chi connectivity index (χ0) is 12.0. The van der Waals surface area contributed by atoms with E-state index in [0.29, 0.717) is 5.56 Å². The van der Waals surface area contributed by atoms with E-state index >= 15 is 0 Å². The van der Waals surface area contributed by atoms with Gasteiger partial charge in [0, 0.05) is 6.54 Å². The first-order chi connectivity index (χ1) is 7.69. The van der Waals surface area contributed by atoms with Crippen LogP contribution < -0.4 is 5.73 Å². The van der Waals surface area contributed by atoms with Crippen LogP contribution in [0, 0.1) is 6.07 Å². The van der Waals surface area contributed by atoms with Gasteiger partial charge in [-0.3, -0.25) is 4.79 Å². The summed E-state index contributed by atoms with van der Waals surface area (Å²) in [6.07, 6.45) is 0.845. The molecule has 1 amide bonds. The van der Waals surface area contributed by atoms with Gasteiger partial charge in [0.1, 0.15) is 0 Å². The first-order valence-corrected chi connectivity index (χ1v) is 5.70. The molecule has 1 aromatic rings. The van der Waals surface area contributed by atoms with E-state index in [4.69, 9.17) is 5.73 Å². The Morgan fingerprint density at radius 1 is 1.44 bits per heavy atom. The molecule has 0 unspecified atom stereocenters. The third-order valence-corrected chi connectivity index (χ3v) is 2.78. The molecule has 0 aliphatic carbocycles. The van der Waals surface area contributed by atoms with Crippen molar-refractivity contribution < 1.29 is 4.79 Å². The first kappa shape index (κ1) is 12.7. The van der Waals surface area contributed by atoms with Crippen molar-refractivity contribution in [2.24, 2.45) is 5.73 Å². The fourth-order valence-corrected chi connectivity index (χ4v) is 1.73. The number of rotatable bonds is 6. The van der Waals surface area contributed by atoms with Crippen molar-refractivity contribution in [3.05, 3.63) is 35.4 Å². The predicted molar refractivity (Wildman–Crippen MR) is 65.3 cm³/mol. The molecular weight excluding hydrogens is 200 g/mol. The fourth-order valence-electron chi connectivity index (χ4n) is 1.73.